The van der Waals surface area contributed by atoms with Gasteiger partial charge in [0, 0.05) is 37.9 Å². The summed E-state index contributed by atoms with van der Waals surface area (Å²) in [6.07, 6.45) is 0. The minimum atomic E-state index is 0.666. The van der Waals surface area contributed by atoms with E-state index in [9.17, 15) is 0 Å². The van der Waals surface area contributed by atoms with E-state index >= 15 is 0 Å². The number of rotatable bonds is 3. The number of para-hydroxylation sites is 1. The smallest absolute Gasteiger partial charge is 0.0490 e. The predicted molar refractivity (Wildman–Crippen MR) is 68.3 cm³/mol. The fraction of sp³-hybridized carbons (Fsp3) is 0.538. The summed E-state index contributed by atoms with van der Waals surface area (Å²) < 4.78 is 0. The van der Waals surface area contributed by atoms with Crippen molar-refractivity contribution in [1.82, 2.24) is 9.91 Å². The van der Waals surface area contributed by atoms with Crippen LogP contribution in [0.4, 0.5) is 5.69 Å². The highest BCUT2D eigenvalue weighted by Crippen LogP contribution is 2.10. The van der Waals surface area contributed by atoms with E-state index in [-0.39, 0.29) is 0 Å². The Balaban J connectivity index is 1.82. The highest BCUT2D eigenvalue weighted by molar-refractivity contribution is 5.41. The van der Waals surface area contributed by atoms with E-state index in [1.807, 2.05) is 6.07 Å². The lowest BCUT2D eigenvalue weighted by Gasteiger charge is -2.37. The van der Waals surface area contributed by atoms with Crippen molar-refractivity contribution in [2.24, 2.45) is 0 Å². The molecular weight excluding hydrogens is 198 g/mol. The van der Waals surface area contributed by atoms with Crippen LogP contribution in [-0.4, -0.2) is 42.1 Å². The molecule has 0 spiro atoms. The number of hydrogen-bond acceptors (Lipinski definition) is 3. The maximum Gasteiger partial charge on any atom is 0.0490 e. The molecule has 0 saturated carbocycles. The average molecular weight is 219 g/mol. The van der Waals surface area contributed by atoms with Crippen LogP contribution in [0.25, 0.3) is 0 Å². The number of piperazine rings is 1. The van der Waals surface area contributed by atoms with Crippen LogP contribution in [0.15, 0.2) is 30.3 Å². The zero-order valence-corrected chi connectivity index (χ0v) is 10.2. The maximum atomic E-state index is 3.45. The molecule has 1 aliphatic rings. The van der Waals surface area contributed by atoms with Gasteiger partial charge in [-0.3, -0.25) is 4.90 Å². The predicted octanol–water partition coefficient (Wildman–Crippen LogP) is 2.04. The van der Waals surface area contributed by atoms with Crippen LogP contribution >= 0.6 is 0 Å². The fourth-order valence-corrected chi connectivity index (χ4v) is 2.05. The molecule has 3 nitrogen and oxygen atoms in total. The van der Waals surface area contributed by atoms with Crippen molar-refractivity contribution in [2.45, 2.75) is 19.9 Å². The van der Waals surface area contributed by atoms with Crippen LogP contribution in [0.2, 0.25) is 0 Å². The molecule has 1 fully saturated rings. The molecule has 2 rings (SSSR count). The summed E-state index contributed by atoms with van der Waals surface area (Å²) in [4.78, 5) is 2.52. The third kappa shape index (κ3) is 2.97. The Bertz CT molecular complexity index is 302. The summed E-state index contributed by atoms with van der Waals surface area (Å²) in [5.74, 6) is 0. The molecule has 0 atom stereocenters. The number of benzene rings is 1. The highest BCUT2D eigenvalue weighted by Gasteiger charge is 2.18. The van der Waals surface area contributed by atoms with Crippen LogP contribution in [0.5, 0.6) is 0 Å². The molecule has 0 radical (unpaired) electrons. The SMILES string of the molecule is CC(C)N1CCN(Nc2ccccc2)CC1. The summed E-state index contributed by atoms with van der Waals surface area (Å²) in [5, 5.41) is 2.30. The second-order valence-electron chi connectivity index (χ2n) is 4.59. The Morgan fingerprint density at radius 3 is 2.19 bits per heavy atom. The molecule has 1 N–H and O–H groups in total. The van der Waals surface area contributed by atoms with Crippen molar-refractivity contribution in [1.29, 1.82) is 0 Å². The van der Waals surface area contributed by atoms with Gasteiger partial charge in [-0.25, -0.2) is 5.01 Å². The summed E-state index contributed by atoms with van der Waals surface area (Å²) in [6, 6.07) is 11.0. The van der Waals surface area contributed by atoms with Gasteiger partial charge in [0.2, 0.25) is 0 Å². The molecule has 88 valence electrons. The molecule has 3 heteroatoms. The minimum absolute atomic E-state index is 0.666. The van der Waals surface area contributed by atoms with Crippen molar-refractivity contribution in [3.8, 4) is 0 Å². The number of nitrogens with zero attached hydrogens (tertiary/aromatic N) is 2. The number of anilines is 1. The quantitative estimate of drug-likeness (QED) is 0.839. The zero-order chi connectivity index (χ0) is 11.4. The fourth-order valence-electron chi connectivity index (χ4n) is 2.05. The van der Waals surface area contributed by atoms with Gasteiger partial charge in [-0.1, -0.05) is 18.2 Å². The molecule has 0 aromatic heterocycles. The monoisotopic (exact) mass is 219 g/mol. The van der Waals surface area contributed by atoms with Crippen molar-refractivity contribution in [2.75, 3.05) is 31.6 Å². The Kier molecular flexibility index (Phi) is 3.80. The molecule has 1 saturated heterocycles. The largest absolute Gasteiger partial charge is 0.319 e. The van der Waals surface area contributed by atoms with E-state index in [4.69, 9.17) is 0 Å². The van der Waals surface area contributed by atoms with Crippen LogP contribution in [0, 0.1) is 0 Å². The topological polar surface area (TPSA) is 18.5 Å². The van der Waals surface area contributed by atoms with E-state index in [0.29, 0.717) is 6.04 Å². The number of hydrazine groups is 1. The molecule has 0 unspecified atom stereocenters. The van der Waals surface area contributed by atoms with Crippen LogP contribution in [-0.2, 0) is 0 Å². The summed E-state index contributed by atoms with van der Waals surface area (Å²) in [5.41, 5.74) is 4.63. The molecule has 1 aromatic carbocycles. The Hall–Kier alpha value is -1.06. The Labute approximate surface area is 98.0 Å². The first-order valence-corrected chi connectivity index (χ1v) is 6.06. The first-order chi connectivity index (χ1) is 7.75. The van der Waals surface area contributed by atoms with Gasteiger partial charge in [-0.2, -0.15) is 0 Å². The molecule has 1 heterocycles. The Morgan fingerprint density at radius 2 is 1.62 bits per heavy atom. The van der Waals surface area contributed by atoms with E-state index in [0.717, 1.165) is 26.2 Å². The summed E-state index contributed by atoms with van der Waals surface area (Å²) in [6.45, 7) is 9.01. The van der Waals surface area contributed by atoms with Crippen molar-refractivity contribution in [3.63, 3.8) is 0 Å². The van der Waals surface area contributed by atoms with E-state index in [1.165, 1.54) is 5.69 Å². The molecule has 0 aliphatic carbocycles. The van der Waals surface area contributed by atoms with E-state index < -0.39 is 0 Å². The molecule has 1 aromatic rings. The van der Waals surface area contributed by atoms with Crippen LogP contribution in [0.1, 0.15) is 13.8 Å². The normalized spacial score (nSPS) is 18.9. The third-order valence-corrected chi connectivity index (χ3v) is 3.11. The van der Waals surface area contributed by atoms with Gasteiger partial charge in [0.25, 0.3) is 0 Å². The lowest BCUT2D eigenvalue weighted by Crippen LogP contribution is -2.50. The van der Waals surface area contributed by atoms with E-state index in [1.54, 1.807) is 0 Å². The van der Waals surface area contributed by atoms with Gasteiger partial charge in [-0.05, 0) is 26.0 Å². The average Bonchev–Trinajstić information content (AvgIpc) is 2.31. The second kappa shape index (κ2) is 5.32. The van der Waals surface area contributed by atoms with Gasteiger partial charge in [0.05, 0.1) is 0 Å². The first-order valence-electron chi connectivity index (χ1n) is 6.06. The number of hydrogen-bond donors (Lipinski definition) is 1. The lowest BCUT2D eigenvalue weighted by atomic mass is 10.2. The van der Waals surface area contributed by atoms with E-state index in [2.05, 4.69) is 53.4 Å². The summed E-state index contributed by atoms with van der Waals surface area (Å²) in [7, 11) is 0. The van der Waals surface area contributed by atoms with Crippen LogP contribution in [0.3, 0.4) is 0 Å². The minimum Gasteiger partial charge on any atom is -0.319 e. The standard InChI is InChI=1S/C13H21N3/c1-12(2)15-8-10-16(11-9-15)14-13-6-4-3-5-7-13/h3-7,12,14H,8-11H2,1-2H3. The first kappa shape index (κ1) is 11.4. The van der Waals surface area contributed by atoms with Crippen molar-refractivity contribution >= 4 is 5.69 Å². The highest BCUT2D eigenvalue weighted by atomic mass is 15.5. The maximum absolute atomic E-state index is 3.45. The molecule has 0 amide bonds. The third-order valence-electron chi connectivity index (χ3n) is 3.11. The Morgan fingerprint density at radius 1 is 1.00 bits per heavy atom. The lowest BCUT2D eigenvalue weighted by molar-refractivity contribution is 0.125. The van der Waals surface area contributed by atoms with Crippen molar-refractivity contribution in [3.05, 3.63) is 30.3 Å². The van der Waals surface area contributed by atoms with Gasteiger partial charge < -0.3 is 5.43 Å². The molecule has 1 aliphatic heterocycles. The second-order valence-corrected chi connectivity index (χ2v) is 4.59. The van der Waals surface area contributed by atoms with Crippen molar-refractivity contribution < 1.29 is 0 Å². The van der Waals surface area contributed by atoms with Gasteiger partial charge in [-0.15, -0.1) is 0 Å². The van der Waals surface area contributed by atoms with Gasteiger partial charge in [0.1, 0.15) is 0 Å². The van der Waals surface area contributed by atoms with Gasteiger partial charge >= 0.3 is 0 Å². The van der Waals surface area contributed by atoms with Gasteiger partial charge in [0.15, 0.2) is 0 Å². The summed E-state index contributed by atoms with van der Waals surface area (Å²) >= 11 is 0. The number of nitrogens with one attached hydrogen (secondary N) is 1. The van der Waals surface area contributed by atoms with Crippen LogP contribution < -0.4 is 5.43 Å². The molecule has 16 heavy (non-hydrogen) atoms. The molecule has 0 bridgehead atoms. The zero-order valence-electron chi connectivity index (χ0n) is 10.2. The molecular formula is C13H21N3.